The summed E-state index contributed by atoms with van der Waals surface area (Å²) in [6.45, 7) is 2.20. The van der Waals surface area contributed by atoms with Gasteiger partial charge in [0, 0.05) is 6.92 Å². The minimum absolute atomic E-state index is 0.150. The van der Waals surface area contributed by atoms with Gasteiger partial charge in [0.25, 0.3) is 0 Å². The molecule has 0 radical (unpaired) electrons. The molecule has 2 atom stereocenters. The summed E-state index contributed by atoms with van der Waals surface area (Å²) in [5, 5.41) is 0. The number of benzene rings is 2. The van der Waals surface area contributed by atoms with E-state index in [1.54, 1.807) is 6.08 Å². The molecular formula is C22H24O5. The Bertz CT molecular complexity index is 712. The Kier molecular flexibility index (Phi) is 8.96. The lowest BCUT2D eigenvalue weighted by Crippen LogP contribution is -2.35. The molecule has 0 spiro atoms. The molecule has 0 saturated heterocycles. The van der Waals surface area contributed by atoms with E-state index in [1.807, 2.05) is 60.7 Å². The zero-order chi connectivity index (χ0) is 19.3. The van der Waals surface area contributed by atoms with Crippen LogP contribution in [0.3, 0.4) is 0 Å². The van der Waals surface area contributed by atoms with E-state index in [0.717, 1.165) is 11.1 Å². The Morgan fingerprint density at radius 2 is 1.56 bits per heavy atom. The Morgan fingerprint density at radius 1 is 0.963 bits per heavy atom. The van der Waals surface area contributed by atoms with Crippen LogP contribution in [0.25, 0.3) is 0 Å². The van der Waals surface area contributed by atoms with Gasteiger partial charge in [-0.1, -0.05) is 60.7 Å². The monoisotopic (exact) mass is 368 g/mol. The van der Waals surface area contributed by atoms with Crippen LogP contribution in [-0.2, 0) is 37.0 Å². The van der Waals surface area contributed by atoms with Gasteiger partial charge in [-0.3, -0.25) is 9.59 Å². The number of hydrogen-bond acceptors (Lipinski definition) is 5. The maximum atomic E-state index is 11.5. The van der Waals surface area contributed by atoms with E-state index in [0.29, 0.717) is 19.5 Å². The predicted molar refractivity (Wildman–Crippen MR) is 102 cm³/mol. The van der Waals surface area contributed by atoms with Crippen molar-refractivity contribution in [1.82, 2.24) is 0 Å². The van der Waals surface area contributed by atoms with E-state index in [4.69, 9.17) is 14.2 Å². The van der Waals surface area contributed by atoms with Gasteiger partial charge >= 0.3 is 5.97 Å². The molecule has 0 aliphatic rings. The SMILES string of the molecule is CC(=O)O[C@H](COCc1ccccc1)[C@H](/C=C/C=O)OCc1ccccc1. The first kappa shape index (κ1) is 20.6. The Balaban J connectivity index is 2.00. The van der Waals surface area contributed by atoms with Crippen molar-refractivity contribution in [3.8, 4) is 0 Å². The van der Waals surface area contributed by atoms with Gasteiger partial charge in [0.1, 0.15) is 12.4 Å². The fraction of sp³-hybridized carbons (Fsp3) is 0.273. The average Bonchev–Trinajstić information content (AvgIpc) is 2.69. The van der Waals surface area contributed by atoms with E-state index < -0.39 is 18.2 Å². The van der Waals surface area contributed by atoms with Crippen molar-refractivity contribution in [3.05, 3.63) is 83.9 Å². The van der Waals surface area contributed by atoms with Crippen molar-refractivity contribution < 1.29 is 23.8 Å². The Hall–Kier alpha value is -2.76. The number of esters is 1. The molecule has 2 aromatic rings. The number of aldehydes is 1. The van der Waals surface area contributed by atoms with Crippen LogP contribution in [0.15, 0.2) is 72.8 Å². The molecule has 0 fully saturated rings. The average molecular weight is 368 g/mol. The third-order valence-electron chi connectivity index (χ3n) is 3.74. The van der Waals surface area contributed by atoms with E-state index in [-0.39, 0.29) is 6.61 Å². The van der Waals surface area contributed by atoms with Crippen LogP contribution in [0.1, 0.15) is 18.1 Å². The molecule has 27 heavy (non-hydrogen) atoms. The summed E-state index contributed by atoms with van der Waals surface area (Å²) in [4.78, 5) is 22.3. The van der Waals surface area contributed by atoms with E-state index in [1.165, 1.54) is 13.0 Å². The molecule has 2 rings (SSSR count). The quantitative estimate of drug-likeness (QED) is 0.345. The van der Waals surface area contributed by atoms with Gasteiger partial charge in [-0.25, -0.2) is 0 Å². The molecule has 142 valence electrons. The minimum Gasteiger partial charge on any atom is -0.457 e. The lowest BCUT2D eigenvalue weighted by Gasteiger charge is -2.24. The molecule has 0 heterocycles. The molecule has 5 heteroatoms. The summed E-state index contributed by atoms with van der Waals surface area (Å²) in [7, 11) is 0. The first-order valence-corrected chi connectivity index (χ1v) is 8.75. The molecule has 0 aliphatic carbocycles. The van der Waals surface area contributed by atoms with Crippen molar-refractivity contribution in [3.63, 3.8) is 0 Å². The van der Waals surface area contributed by atoms with E-state index in [9.17, 15) is 9.59 Å². The second-order valence-electron chi connectivity index (χ2n) is 5.93. The summed E-state index contributed by atoms with van der Waals surface area (Å²) >= 11 is 0. The lowest BCUT2D eigenvalue weighted by atomic mass is 10.2. The third kappa shape index (κ3) is 7.98. The van der Waals surface area contributed by atoms with Crippen LogP contribution in [0.4, 0.5) is 0 Å². The lowest BCUT2D eigenvalue weighted by molar-refractivity contribution is -0.158. The zero-order valence-electron chi connectivity index (χ0n) is 15.3. The van der Waals surface area contributed by atoms with Crippen LogP contribution in [0.2, 0.25) is 0 Å². The number of carbonyl (C=O) groups excluding carboxylic acids is 2. The van der Waals surface area contributed by atoms with Gasteiger partial charge in [-0.2, -0.15) is 0 Å². The van der Waals surface area contributed by atoms with Gasteiger partial charge in [0.05, 0.1) is 19.8 Å². The number of rotatable bonds is 11. The predicted octanol–water partition coefficient (Wildman–Crippen LogP) is 3.48. The summed E-state index contributed by atoms with van der Waals surface area (Å²) in [5.41, 5.74) is 2.00. The molecule has 0 bridgehead atoms. The first-order chi connectivity index (χ1) is 13.2. The van der Waals surface area contributed by atoms with Crippen molar-refractivity contribution in [2.75, 3.05) is 6.61 Å². The van der Waals surface area contributed by atoms with Gasteiger partial charge in [-0.15, -0.1) is 0 Å². The minimum atomic E-state index is -0.661. The number of hydrogen-bond donors (Lipinski definition) is 0. The van der Waals surface area contributed by atoms with Crippen molar-refractivity contribution in [1.29, 1.82) is 0 Å². The molecule has 2 aromatic carbocycles. The van der Waals surface area contributed by atoms with Crippen LogP contribution in [0.5, 0.6) is 0 Å². The summed E-state index contributed by atoms with van der Waals surface area (Å²) < 4.78 is 17.0. The third-order valence-corrected chi connectivity index (χ3v) is 3.74. The standard InChI is InChI=1S/C22H24O5/c1-18(24)27-22(17-25-15-19-9-4-2-5-10-19)21(13-8-14-23)26-16-20-11-6-3-7-12-20/h2-14,21-22H,15-17H2,1H3/b13-8+/t21-,22+/m0/s1. The fourth-order valence-corrected chi connectivity index (χ4v) is 2.48. The number of allylic oxidation sites excluding steroid dienone is 1. The maximum absolute atomic E-state index is 11.5. The highest BCUT2D eigenvalue weighted by molar-refractivity contribution is 5.66. The molecule has 0 aromatic heterocycles. The Labute approximate surface area is 159 Å². The van der Waals surface area contributed by atoms with Crippen LogP contribution < -0.4 is 0 Å². The van der Waals surface area contributed by atoms with Crippen LogP contribution in [-0.4, -0.2) is 31.1 Å². The van der Waals surface area contributed by atoms with Crippen molar-refractivity contribution in [2.24, 2.45) is 0 Å². The molecular weight excluding hydrogens is 344 g/mol. The summed E-state index contributed by atoms with van der Waals surface area (Å²) in [6, 6.07) is 19.3. The van der Waals surface area contributed by atoms with Crippen molar-refractivity contribution in [2.45, 2.75) is 32.3 Å². The van der Waals surface area contributed by atoms with Crippen LogP contribution in [0, 0.1) is 0 Å². The molecule has 0 aliphatic heterocycles. The zero-order valence-corrected chi connectivity index (χ0v) is 15.3. The molecule has 0 unspecified atom stereocenters. The van der Waals surface area contributed by atoms with E-state index >= 15 is 0 Å². The molecule has 5 nitrogen and oxygen atoms in total. The second kappa shape index (κ2) is 11.8. The van der Waals surface area contributed by atoms with Crippen molar-refractivity contribution >= 4 is 12.3 Å². The largest absolute Gasteiger partial charge is 0.457 e. The van der Waals surface area contributed by atoms with Crippen LogP contribution >= 0.6 is 0 Å². The highest BCUT2D eigenvalue weighted by atomic mass is 16.6. The maximum Gasteiger partial charge on any atom is 0.303 e. The second-order valence-corrected chi connectivity index (χ2v) is 5.93. The first-order valence-electron chi connectivity index (χ1n) is 8.75. The molecule has 0 N–H and O–H groups in total. The highest BCUT2D eigenvalue weighted by Crippen LogP contribution is 2.13. The number of ether oxygens (including phenoxy) is 3. The van der Waals surface area contributed by atoms with Gasteiger partial charge < -0.3 is 14.2 Å². The van der Waals surface area contributed by atoms with Gasteiger partial charge in [0.2, 0.25) is 0 Å². The number of carbonyl (C=O) groups is 2. The van der Waals surface area contributed by atoms with Gasteiger partial charge in [-0.05, 0) is 23.3 Å². The smallest absolute Gasteiger partial charge is 0.303 e. The topological polar surface area (TPSA) is 61.8 Å². The fourth-order valence-electron chi connectivity index (χ4n) is 2.48. The molecule has 0 saturated carbocycles. The molecule has 0 amide bonds. The summed E-state index contributed by atoms with van der Waals surface area (Å²) in [5.74, 6) is -0.434. The summed E-state index contributed by atoms with van der Waals surface area (Å²) in [6.07, 6.45) is 2.31. The normalized spacial score (nSPS) is 13.2. The van der Waals surface area contributed by atoms with Gasteiger partial charge in [0.15, 0.2) is 6.10 Å². The Morgan fingerprint density at radius 3 is 2.11 bits per heavy atom. The highest BCUT2D eigenvalue weighted by Gasteiger charge is 2.23. The van der Waals surface area contributed by atoms with E-state index in [2.05, 4.69) is 0 Å².